The first-order chi connectivity index (χ1) is 10.3. The number of hydrogen-bond donors (Lipinski definition) is 1. The van der Waals surface area contributed by atoms with Crippen molar-refractivity contribution in [1.29, 1.82) is 0 Å². The van der Waals surface area contributed by atoms with Gasteiger partial charge in [0.2, 0.25) is 0 Å². The molecule has 5 nitrogen and oxygen atoms in total. The first-order valence-corrected chi connectivity index (χ1v) is 6.80. The monoisotopic (exact) mass is 279 g/mol. The van der Waals surface area contributed by atoms with Crippen molar-refractivity contribution in [3.63, 3.8) is 0 Å². The molecule has 104 valence electrons. The summed E-state index contributed by atoms with van der Waals surface area (Å²) in [5, 5.41) is 3.93. The van der Waals surface area contributed by atoms with Gasteiger partial charge in [-0.25, -0.2) is 4.79 Å². The zero-order valence-corrected chi connectivity index (χ0v) is 11.2. The van der Waals surface area contributed by atoms with E-state index in [1.807, 2.05) is 18.2 Å². The van der Waals surface area contributed by atoms with Gasteiger partial charge in [-0.3, -0.25) is 9.88 Å². The zero-order valence-electron chi connectivity index (χ0n) is 11.2. The lowest BCUT2D eigenvalue weighted by Gasteiger charge is -2.17. The minimum absolute atomic E-state index is 0.146. The standard InChI is InChI=1S/C16H13N3O2/c20-16(18-13-2-1-5-17-10-13)19-6-3-11-8-12-4-7-21-15(12)9-14(11)19/h1-2,4-5,7-10H,3,6H2,(H,18,20). The molecule has 2 amide bonds. The first-order valence-electron chi connectivity index (χ1n) is 6.80. The van der Waals surface area contributed by atoms with E-state index in [2.05, 4.69) is 16.4 Å². The predicted molar refractivity (Wildman–Crippen MR) is 80.5 cm³/mol. The third-order valence-corrected chi connectivity index (χ3v) is 3.71. The SMILES string of the molecule is O=C(Nc1cccnc1)N1CCc2cc3ccoc3cc21. The van der Waals surface area contributed by atoms with Crippen LogP contribution in [-0.2, 0) is 6.42 Å². The van der Waals surface area contributed by atoms with Crippen LogP contribution in [0.25, 0.3) is 11.0 Å². The minimum Gasteiger partial charge on any atom is -0.464 e. The van der Waals surface area contributed by atoms with Gasteiger partial charge in [-0.2, -0.15) is 0 Å². The smallest absolute Gasteiger partial charge is 0.326 e. The van der Waals surface area contributed by atoms with Crippen molar-refractivity contribution < 1.29 is 9.21 Å². The predicted octanol–water partition coefficient (Wildman–Crippen LogP) is 3.42. The number of nitrogens with one attached hydrogen (secondary N) is 1. The Labute approximate surface area is 121 Å². The molecule has 2 aromatic heterocycles. The van der Waals surface area contributed by atoms with Crippen molar-refractivity contribution in [2.24, 2.45) is 0 Å². The van der Waals surface area contributed by atoms with Crippen LogP contribution in [0, 0.1) is 0 Å². The lowest BCUT2D eigenvalue weighted by Crippen LogP contribution is -2.33. The summed E-state index contributed by atoms with van der Waals surface area (Å²) in [6.45, 7) is 0.675. The summed E-state index contributed by atoms with van der Waals surface area (Å²) in [4.78, 5) is 18.1. The van der Waals surface area contributed by atoms with Gasteiger partial charge in [0, 0.05) is 24.2 Å². The molecule has 1 aromatic carbocycles. The summed E-state index contributed by atoms with van der Waals surface area (Å²) >= 11 is 0. The molecule has 0 fully saturated rings. The molecule has 1 aliphatic rings. The van der Waals surface area contributed by atoms with Gasteiger partial charge in [-0.1, -0.05) is 0 Å². The molecular weight excluding hydrogens is 266 g/mol. The molecule has 0 atom stereocenters. The van der Waals surface area contributed by atoms with Gasteiger partial charge >= 0.3 is 6.03 Å². The Morgan fingerprint density at radius 2 is 2.29 bits per heavy atom. The number of amides is 2. The molecular formula is C16H13N3O2. The van der Waals surface area contributed by atoms with E-state index >= 15 is 0 Å². The van der Waals surface area contributed by atoms with Gasteiger partial charge in [-0.15, -0.1) is 0 Å². The molecule has 0 saturated carbocycles. The summed E-state index contributed by atoms with van der Waals surface area (Å²) in [5.74, 6) is 0. The number of carbonyl (C=O) groups is 1. The van der Waals surface area contributed by atoms with Crippen molar-refractivity contribution in [2.45, 2.75) is 6.42 Å². The number of nitrogens with zero attached hydrogens (tertiary/aromatic N) is 2. The number of rotatable bonds is 1. The normalized spacial score (nSPS) is 13.4. The van der Waals surface area contributed by atoms with Gasteiger partial charge in [-0.05, 0) is 36.2 Å². The molecule has 1 aliphatic heterocycles. The quantitative estimate of drug-likeness (QED) is 0.742. The van der Waals surface area contributed by atoms with E-state index in [-0.39, 0.29) is 6.03 Å². The highest BCUT2D eigenvalue weighted by Crippen LogP contribution is 2.33. The molecule has 0 aliphatic carbocycles. The van der Waals surface area contributed by atoms with E-state index in [9.17, 15) is 4.79 Å². The maximum Gasteiger partial charge on any atom is 0.326 e. The Bertz CT molecular complexity index is 811. The maximum absolute atomic E-state index is 12.4. The topological polar surface area (TPSA) is 58.4 Å². The highest BCUT2D eigenvalue weighted by Gasteiger charge is 2.25. The van der Waals surface area contributed by atoms with Crippen LogP contribution in [0.15, 0.2) is 53.4 Å². The van der Waals surface area contributed by atoms with E-state index < -0.39 is 0 Å². The lowest BCUT2D eigenvalue weighted by atomic mass is 10.1. The molecule has 3 heterocycles. The average molecular weight is 279 g/mol. The summed E-state index contributed by atoms with van der Waals surface area (Å²) in [6.07, 6.45) is 5.83. The first kappa shape index (κ1) is 12.0. The third-order valence-electron chi connectivity index (χ3n) is 3.71. The van der Waals surface area contributed by atoms with E-state index in [1.165, 1.54) is 5.56 Å². The number of anilines is 2. The molecule has 0 saturated heterocycles. The van der Waals surface area contributed by atoms with Gasteiger partial charge in [0.25, 0.3) is 0 Å². The fourth-order valence-corrected chi connectivity index (χ4v) is 2.69. The fourth-order valence-electron chi connectivity index (χ4n) is 2.69. The van der Waals surface area contributed by atoms with Crippen LogP contribution in [-0.4, -0.2) is 17.6 Å². The molecule has 0 radical (unpaired) electrons. The largest absolute Gasteiger partial charge is 0.464 e. The third kappa shape index (κ3) is 2.03. The minimum atomic E-state index is -0.146. The van der Waals surface area contributed by atoms with E-state index in [0.29, 0.717) is 12.2 Å². The Hall–Kier alpha value is -2.82. The summed E-state index contributed by atoms with van der Waals surface area (Å²) < 4.78 is 5.42. The van der Waals surface area contributed by atoms with Crippen molar-refractivity contribution in [2.75, 3.05) is 16.8 Å². The highest BCUT2D eigenvalue weighted by molar-refractivity contribution is 6.04. The molecule has 1 N–H and O–H groups in total. The number of aromatic nitrogens is 1. The second kappa shape index (κ2) is 4.63. The number of fused-ring (bicyclic) bond motifs is 2. The number of carbonyl (C=O) groups excluding carboxylic acids is 1. The number of pyridine rings is 1. The van der Waals surface area contributed by atoms with E-state index in [1.54, 1.807) is 29.6 Å². The van der Waals surface area contributed by atoms with E-state index in [0.717, 1.165) is 23.1 Å². The Balaban J connectivity index is 1.65. The lowest BCUT2D eigenvalue weighted by molar-refractivity contribution is 0.257. The molecule has 0 bridgehead atoms. The van der Waals surface area contributed by atoms with Gasteiger partial charge < -0.3 is 9.73 Å². The van der Waals surface area contributed by atoms with Crippen LogP contribution >= 0.6 is 0 Å². The Kier molecular flexibility index (Phi) is 2.64. The van der Waals surface area contributed by atoms with Crippen molar-refractivity contribution >= 4 is 28.4 Å². The van der Waals surface area contributed by atoms with Crippen LogP contribution in [0.3, 0.4) is 0 Å². The van der Waals surface area contributed by atoms with Gasteiger partial charge in [0.1, 0.15) is 5.58 Å². The van der Waals surface area contributed by atoms with Crippen LogP contribution in [0.5, 0.6) is 0 Å². The fraction of sp³-hybridized carbons (Fsp3) is 0.125. The molecule has 4 rings (SSSR count). The molecule has 0 spiro atoms. The van der Waals surface area contributed by atoms with Crippen molar-refractivity contribution in [1.82, 2.24) is 4.98 Å². The number of benzene rings is 1. The Morgan fingerprint density at radius 3 is 3.14 bits per heavy atom. The van der Waals surface area contributed by atoms with Crippen LogP contribution < -0.4 is 10.2 Å². The van der Waals surface area contributed by atoms with Crippen LogP contribution in [0.1, 0.15) is 5.56 Å². The summed E-state index contributed by atoms with van der Waals surface area (Å²) in [7, 11) is 0. The van der Waals surface area contributed by atoms with Crippen LogP contribution in [0.4, 0.5) is 16.2 Å². The zero-order chi connectivity index (χ0) is 14.2. The average Bonchev–Trinajstić information content (AvgIpc) is 3.11. The second-order valence-corrected chi connectivity index (χ2v) is 5.01. The number of furan rings is 1. The molecule has 3 aromatic rings. The Morgan fingerprint density at radius 1 is 1.33 bits per heavy atom. The van der Waals surface area contributed by atoms with Gasteiger partial charge in [0.05, 0.1) is 23.8 Å². The summed E-state index contributed by atoms with van der Waals surface area (Å²) in [5.41, 5.74) is 3.58. The molecule has 21 heavy (non-hydrogen) atoms. The second-order valence-electron chi connectivity index (χ2n) is 5.01. The van der Waals surface area contributed by atoms with Crippen molar-refractivity contribution in [3.8, 4) is 0 Å². The van der Waals surface area contributed by atoms with Crippen molar-refractivity contribution in [3.05, 3.63) is 54.6 Å². The number of hydrogen-bond acceptors (Lipinski definition) is 3. The number of urea groups is 1. The van der Waals surface area contributed by atoms with Gasteiger partial charge in [0.15, 0.2) is 0 Å². The van der Waals surface area contributed by atoms with E-state index in [4.69, 9.17) is 4.42 Å². The highest BCUT2D eigenvalue weighted by atomic mass is 16.3. The van der Waals surface area contributed by atoms with Crippen LogP contribution in [0.2, 0.25) is 0 Å². The maximum atomic E-state index is 12.4. The molecule has 5 heteroatoms. The molecule has 0 unspecified atom stereocenters. The summed E-state index contributed by atoms with van der Waals surface area (Å²) in [6, 6.07) is 9.42.